The van der Waals surface area contributed by atoms with Crippen molar-refractivity contribution in [2.75, 3.05) is 0 Å². The molecule has 0 atom stereocenters. The van der Waals surface area contributed by atoms with Crippen molar-refractivity contribution in [3.63, 3.8) is 0 Å². The van der Waals surface area contributed by atoms with Gasteiger partial charge in [-0.2, -0.15) is 5.10 Å². The van der Waals surface area contributed by atoms with Gasteiger partial charge < -0.3 is 0 Å². The number of hydrogen-bond donors (Lipinski definition) is 1. The second kappa shape index (κ2) is 6.53. The van der Waals surface area contributed by atoms with Crippen LogP contribution >= 0.6 is 11.3 Å². The van der Waals surface area contributed by atoms with Gasteiger partial charge in [0.15, 0.2) is 0 Å². The van der Waals surface area contributed by atoms with Crippen LogP contribution in [0, 0.1) is 0 Å². The maximum atomic E-state index is 4.61. The Balaban J connectivity index is 1.87. The number of nitrogens with one attached hydrogen (secondary N) is 1. The highest BCUT2D eigenvalue weighted by Gasteiger charge is 2.14. The third-order valence-electron chi connectivity index (χ3n) is 4.14. The summed E-state index contributed by atoms with van der Waals surface area (Å²) in [5, 5.41) is 12.2. The molecule has 0 radical (unpaired) electrons. The maximum absolute atomic E-state index is 4.61. The molecule has 0 saturated heterocycles. The molecule has 1 aromatic carbocycles. The van der Waals surface area contributed by atoms with Crippen molar-refractivity contribution >= 4 is 22.2 Å². The molecule has 4 rings (SSSR count). The molecule has 3 heterocycles. The van der Waals surface area contributed by atoms with E-state index in [0.717, 1.165) is 41.0 Å². The first kappa shape index (κ1) is 15.0. The van der Waals surface area contributed by atoms with Gasteiger partial charge in [0.1, 0.15) is 5.52 Å². The van der Waals surface area contributed by atoms with Crippen molar-refractivity contribution in [1.82, 2.24) is 20.2 Å². The summed E-state index contributed by atoms with van der Waals surface area (Å²) in [6, 6.07) is 8.62. The van der Waals surface area contributed by atoms with E-state index in [-0.39, 0.29) is 0 Å². The van der Waals surface area contributed by atoms with Crippen LogP contribution in [0.3, 0.4) is 0 Å². The SMILES string of the molecule is CCCc1cc(-c2ccncc2)c2n[nH]c(Cc3nccs3)c2c1. The van der Waals surface area contributed by atoms with Crippen LogP contribution in [0.1, 0.15) is 29.6 Å². The van der Waals surface area contributed by atoms with Gasteiger partial charge in [-0.1, -0.05) is 13.3 Å². The van der Waals surface area contributed by atoms with E-state index in [2.05, 4.69) is 39.2 Å². The molecule has 0 bridgehead atoms. The molecule has 1 N–H and O–H groups in total. The zero-order valence-corrected chi connectivity index (χ0v) is 14.3. The minimum atomic E-state index is 0.791. The van der Waals surface area contributed by atoms with Crippen LogP contribution < -0.4 is 0 Å². The van der Waals surface area contributed by atoms with E-state index in [9.17, 15) is 0 Å². The van der Waals surface area contributed by atoms with E-state index in [1.807, 2.05) is 36.1 Å². The summed E-state index contributed by atoms with van der Waals surface area (Å²) >= 11 is 1.68. The molecule has 3 aromatic heterocycles. The summed E-state index contributed by atoms with van der Waals surface area (Å²) in [5.74, 6) is 0. The van der Waals surface area contributed by atoms with Gasteiger partial charge in [-0.3, -0.25) is 10.1 Å². The van der Waals surface area contributed by atoms with Gasteiger partial charge in [-0.05, 0) is 41.8 Å². The number of benzene rings is 1. The highest BCUT2D eigenvalue weighted by atomic mass is 32.1. The minimum absolute atomic E-state index is 0.791. The van der Waals surface area contributed by atoms with Crippen molar-refractivity contribution in [2.45, 2.75) is 26.2 Å². The highest BCUT2D eigenvalue weighted by Crippen LogP contribution is 2.31. The first-order valence-electron chi connectivity index (χ1n) is 8.14. The average molecular weight is 334 g/mol. The van der Waals surface area contributed by atoms with Gasteiger partial charge in [0.2, 0.25) is 0 Å². The number of hydrogen-bond acceptors (Lipinski definition) is 4. The van der Waals surface area contributed by atoms with Crippen molar-refractivity contribution in [2.24, 2.45) is 0 Å². The molecule has 0 spiro atoms. The molecule has 0 amide bonds. The number of rotatable bonds is 5. The third kappa shape index (κ3) is 2.83. The largest absolute Gasteiger partial charge is 0.281 e. The molecule has 4 nitrogen and oxygen atoms in total. The summed E-state index contributed by atoms with van der Waals surface area (Å²) in [6.45, 7) is 2.21. The smallest absolute Gasteiger partial charge is 0.100 e. The summed E-state index contributed by atoms with van der Waals surface area (Å²) in [6.07, 6.45) is 8.49. The van der Waals surface area contributed by atoms with Crippen LogP contribution in [0.15, 0.2) is 48.2 Å². The number of fused-ring (bicyclic) bond motifs is 1. The minimum Gasteiger partial charge on any atom is -0.281 e. The van der Waals surface area contributed by atoms with E-state index < -0.39 is 0 Å². The van der Waals surface area contributed by atoms with E-state index in [1.165, 1.54) is 16.5 Å². The summed E-state index contributed by atoms with van der Waals surface area (Å²) in [5.41, 5.74) is 5.82. The fourth-order valence-electron chi connectivity index (χ4n) is 3.04. The molecular formula is C19H18N4S. The average Bonchev–Trinajstić information content (AvgIpc) is 3.26. The molecular weight excluding hydrogens is 316 g/mol. The first-order chi connectivity index (χ1) is 11.8. The molecule has 0 aliphatic carbocycles. The van der Waals surface area contributed by atoms with Crippen molar-refractivity contribution in [3.8, 4) is 11.1 Å². The van der Waals surface area contributed by atoms with Gasteiger partial charge in [-0.25, -0.2) is 4.98 Å². The lowest BCUT2D eigenvalue weighted by molar-refractivity contribution is 0.924. The predicted molar refractivity (Wildman–Crippen MR) is 98.2 cm³/mol. The number of aryl methyl sites for hydroxylation is 1. The van der Waals surface area contributed by atoms with Crippen LogP contribution in [-0.4, -0.2) is 20.2 Å². The van der Waals surface area contributed by atoms with Crippen LogP contribution in [0.25, 0.3) is 22.0 Å². The second-order valence-corrected chi connectivity index (χ2v) is 6.81. The van der Waals surface area contributed by atoms with Gasteiger partial charge in [0.05, 0.1) is 5.01 Å². The summed E-state index contributed by atoms with van der Waals surface area (Å²) in [4.78, 5) is 8.53. The molecule has 120 valence electrons. The monoisotopic (exact) mass is 334 g/mol. The maximum Gasteiger partial charge on any atom is 0.100 e. The second-order valence-electron chi connectivity index (χ2n) is 5.83. The van der Waals surface area contributed by atoms with E-state index in [1.54, 1.807) is 11.3 Å². The van der Waals surface area contributed by atoms with Crippen LogP contribution in [-0.2, 0) is 12.8 Å². The number of aromatic nitrogens is 4. The normalized spacial score (nSPS) is 11.2. The van der Waals surface area contributed by atoms with E-state index in [4.69, 9.17) is 0 Å². The Hall–Kier alpha value is -2.53. The van der Waals surface area contributed by atoms with Crippen molar-refractivity contribution in [3.05, 3.63) is 64.5 Å². The van der Waals surface area contributed by atoms with Crippen molar-refractivity contribution in [1.29, 1.82) is 0 Å². The molecule has 4 aromatic rings. The third-order valence-corrected chi connectivity index (χ3v) is 4.92. The Morgan fingerprint density at radius 2 is 2.00 bits per heavy atom. The number of aromatic amines is 1. The lowest BCUT2D eigenvalue weighted by atomic mass is 9.97. The first-order valence-corrected chi connectivity index (χ1v) is 9.01. The summed E-state index contributed by atoms with van der Waals surface area (Å²) in [7, 11) is 0. The number of thiazole rings is 1. The quantitative estimate of drug-likeness (QED) is 0.579. The number of H-pyrrole nitrogens is 1. The number of nitrogens with zero attached hydrogens (tertiary/aromatic N) is 3. The van der Waals surface area contributed by atoms with Gasteiger partial charge in [0.25, 0.3) is 0 Å². The number of pyridine rings is 1. The Morgan fingerprint density at radius 1 is 1.12 bits per heavy atom. The Morgan fingerprint density at radius 3 is 2.75 bits per heavy atom. The van der Waals surface area contributed by atoms with Gasteiger partial charge >= 0.3 is 0 Å². The molecule has 5 heteroatoms. The van der Waals surface area contributed by atoms with Crippen LogP contribution in [0.2, 0.25) is 0 Å². The topological polar surface area (TPSA) is 54.5 Å². The highest BCUT2D eigenvalue weighted by molar-refractivity contribution is 7.09. The molecule has 0 unspecified atom stereocenters. The fraction of sp³-hybridized carbons (Fsp3) is 0.211. The van der Waals surface area contributed by atoms with Crippen molar-refractivity contribution < 1.29 is 0 Å². The molecule has 0 aliphatic rings. The molecule has 0 saturated carbocycles. The Kier molecular flexibility index (Phi) is 4.09. The fourth-order valence-corrected chi connectivity index (χ4v) is 3.67. The Labute approximate surface area is 144 Å². The molecule has 0 aliphatic heterocycles. The van der Waals surface area contributed by atoms with Gasteiger partial charge in [0, 0.05) is 47.0 Å². The van der Waals surface area contributed by atoms with E-state index in [0.29, 0.717) is 0 Å². The van der Waals surface area contributed by atoms with Crippen LogP contribution in [0.5, 0.6) is 0 Å². The Bertz CT molecular complexity index is 942. The lowest BCUT2D eigenvalue weighted by Gasteiger charge is -2.07. The zero-order valence-electron chi connectivity index (χ0n) is 13.5. The van der Waals surface area contributed by atoms with Crippen LogP contribution in [0.4, 0.5) is 0 Å². The standard InChI is InChI=1S/C19H18N4S/c1-2-3-13-10-15(14-4-6-20-7-5-14)19-16(11-13)17(22-23-19)12-18-21-8-9-24-18/h4-11H,2-3,12H2,1H3,(H,22,23). The van der Waals surface area contributed by atoms with E-state index >= 15 is 0 Å². The van der Waals surface area contributed by atoms with Gasteiger partial charge in [-0.15, -0.1) is 11.3 Å². The molecule has 24 heavy (non-hydrogen) atoms. The lowest BCUT2D eigenvalue weighted by Crippen LogP contribution is -1.90. The predicted octanol–water partition coefficient (Wildman–Crippen LogP) is 4.62. The zero-order chi connectivity index (χ0) is 16.4. The summed E-state index contributed by atoms with van der Waals surface area (Å²) < 4.78 is 0. The molecule has 0 fully saturated rings.